The van der Waals surface area contributed by atoms with E-state index < -0.39 is 11.9 Å². The van der Waals surface area contributed by atoms with Crippen LogP contribution in [0.5, 0.6) is 5.75 Å². The van der Waals surface area contributed by atoms with E-state index in [0.29, 0.717) is 18.8 Å². The summed E-state index contributed by atoms with van der Waals surface area (Å²) in [5.41, 5.74) is 1.15. The first-order valence-electron chi connectivity index (χ1n) is 8.04. The number of aryl methyl sites for hydroxylation is 1. The molecule has 0 aliphatic rings. The molecule has 1 unspecified atom stereocenters. The van der Waals surface area contributed by atoms with E-state index in [-0.39, 0.29) is 12.5 Å². The molecule has 0 saturated heterocycles. The highest BCUT2D eigenvalue weighted by atomic mass is 16.5. The number of benzene rings is 1. The second kappa shape index (κ2) is 9.87. The first-order chi connectivity index (χ1) is 10.9. The maximum absolute atomic E-state index is 11.8. The Hall–Kier alpha value is -2.04. The zero-order chi connectivity index (χ0) is 17.2. The fraction of sp³-hybridized carbons (Fsp3) is 0.556. The quantitative estimate of drug-likeness (QED) is 0.695. The molecule has 0 heterocycles. The van der Waals surface area contributed by atoms with E-state index in [9.17, 15) is 9.59 Å². The van der Waals surface area contributed by atoms with E-state index in [4.69, 9.17) is 9.84 Å². The molecule has 0 fully saturated rings. The highest BCUT2D eigenvalue weighted by molar-refractivity contribution is 5.77. The van der Waals surface area contributed by atoms with Crippen LogP contribution in [-0.2, 0) is 16.0 Å². The largest absolute Gasteiger partial charge is 0.497 e. The van der Waals surface area contributed by atoms with Crippen molar-refractivity contribution in [3.63, 3.8) is 0 Å². The molecular formula is C18H27NO4. The van der Waals surface area contributed by atoms with E-state index in [1.165, 1.54) is 0 Å². The molecule has 1 rings (SSSR count). The molecule has 23 heavy (non-hydrogen) atoms. The van der Waals surface area contributed by atoms with Crippen LogP contribution in [0, 0.1) is 11.8 Å². The SMILES string of the molecule is COc1ccc(CCCC(=O)NCC(CC(C)C)C(=O)O)cc1. The summed E-state index contributed by atoms with van der Waals surface area (Å²) in [6, 6.07) is 7.78. The number of ether oxygens (including phenoxy) is 1. The third-order valence-corrected chi connectivity index (χ3v) is 3.68. The fourth-order valence-electron chi connectivity index (χ4n) is 2.41. The molecular weight excluding hydrogens is 294 g/mol. The molecule has 0 aromatic heterocycles. The zero-order valence-electron chi connectivity index (χ0n) is 14.2. The van der Waals surface area contributed by atoms with Crippen molar-refractivity contribution in [3.05, 3.63) is 29.8 Å². The third-order valence-electron chi connectivity index (χ3n) is 3.68. The normalized spacial score (nSPS) is 12.0. The van der Waals surface area contributed by atoms with Crippen LogP contribution in [0.4, 0.5) is 0 Å². The van der Waals surface area contributed by atoms with Crippen LogP contribution < -0.4 is 10.1 Å². The molecule has 1 atom stereocenters. The van der Waals surface area contributed by atoms with Crippen LogP contribution in [0.1, 0.15) is 38.7 Å². The van der Waals surface area contributed by atoms with Crippen LogP contribution in [0.3, 0.4) is 0 Å². The van der Waals surface area contributed by atoms with Crippen LogP contribution in [0.15, 0.2) is 24.3 Å². The highest BCUT2D eigenvalue weighted by Gasteiger charge is 2.19. The predicted molar refractivity (Wildman–Crippen MR) is 89.5 cm³/mol. The topological polar surface area (TPSA) is 75.6 Å². The Labute approximate surface area is 138 Å². The summed E-state index contributed by atoms with van der Waals surface area (Å²) in [6.45, 7) is 4.16. The molecule has 5 nitrogen and oxygen atoms in total. The van der Waals surface area contributed by atoms with E-state index in [1.807, 2.05) is 38.1 Å². The molecule has 0 saturated carbocycles. The van der Waals surface area contributed by atoms with E-state index in [1.54, 1.807) is 7.11 Å². The number of carboxylic acid groups (broad SMARTS) is 1. The van der Waals surface area contributed by atoms with Gasteiger partial charge >= 0.3 is 5.97 Å². The van der Waals surface area contributed by atoms with Crippen LogP contribution >= 0.6 is 0 Å². The summed E-state index contributed by atoms with van der Waals surface area (Å²) in [6.07, 6.45) is 2.52. The number of hydrogen-bond donors (Lipinski definition) is 2. The number of carboxylic acids is 1. The van der Waals surface area contributed by atoms with Gasteiger partial charge in [0.25, 0.3) is 0 Å². The number of nitrogens with one attached hydrogen (secondary N) is 1. The Bertz CT molecular complexity index is 496. The monoisotopic (exact) mass is 321 g/mol. The molecule has 0 bridgehead atoms. The maximum atomic E-state index is 11.8. The van der Waals surface area contributed by atoms with Crippen molar-refractivity contribution in [2.24, 2.45) is 11.8 Å². The molecule has 0 aliphatic heterocycles. The van der Waals surface area contributed by atoms with Gasteiger partial charge in [0.05, 0.1) is 13.0 Å². The summed E-state index contributed by atoms with van der Waals surface area (Å²) in [5.74, 6) is -0.342. The average molecular weight is 321 g/mol. The number of carbonyl (C=O) groups excluding carboxylic acids is 1. The second-order valence-electron chi connectivity index (χ2n) is 6.17. The minimum Gasteiger partial charge on any atom is -0.497 e. The van der Waals surface area contributed by atoms with Gasteiger partial charge in [0.15, 0.2) is 0 Å². The second-order valence-corrected chi connectivity index (χ2v) is 6.17. The lowest BCUT2D eigenvalue weighted by molar-refractivity contribution is -0.142. The zero-order valence-corrected chi connectivity index (χ0v) is 14.2. The van der Waals surface area contributed by atoms with Crippen LogP contribution in [-0.4, -0.2) is 30.6 Å². The van der Waals surface area contributed by atoms with Crippen molar-refractivity contribution in [2.45, 2.75) is 39.5 Å². The Morgan fingerprint density at radius 3 is 2.39 bits per heavy atom. The van der Waals surface area contributed by atoms with E-state index in [0.717, 1.165) is 24.2 Å². The molecule has 1 aromatic carbocycles. The number of amides is 1. The van der Waals surface area contributed by atoms with Crippen molar-refractivity contribution < 1.29 is 19.4 Å². The van der Waals surface area contributed by atoms with Crippen molar-refractivity contribution in [2.75, 3.05) is 13.7 Å². The number of aliphatic carboxylic acids is 1. The molecule has 1 aromatic rings. The van der Waals surface area contributed by atoms with Gasteiger partial charge in [-0.15, -0.1) is 0 Å². The van der Waals surface area contributed by atoms with Crippen molar-refractivity contribution in [1.29, 1.82) is 0 Å². The van der Waals surface area contributed by atoms with Gasteiger partial charge < -0.3 is 15.2 Å². The molecule has 128 valence electrons. The van der Waals surface area contributed by atoms with Crippen LogP contribution in [0.25, 0.3) is 0 Å². The smallest absolute Gasteiger partial charge is 0.308 e. The van der Waals surface area contributed by atoms with Gasteiger partial charge in [0.2, 0.25) is 5.91 Å². The Morgan fingerprint density at radius 1 is 1.22 bits per heavy atom. The number of rotatable bonds is 10. The average Bonchev–Trinajstić information content (AvgIpc) is 2.51. The number of methoxy groups -OCH3 is 1. The molecule has 5 heteroatoms. The summed E-state index contributed by atoms with van der Waals surface area (Å²) >= 11 is 0. The Kier molecular flexibility index (Phi) is 8.16. The maximum Gasteiger partial charge on any atom is 0.308 e. The van der Waals surface area contributed by atoms with Crippen LogP contribution in [0.2, 0.25) is 0 Å². The van der Waals surface area contributed by atoms with Gasteiger partial charge in [-0.3, -0.25) is 9.59 Å². The number of carbonyl (C=O) groups is 2. The fourth-order valence-corrected chi connectivity index (χ4v) is 2.41. The van der Waals surface area contributed by atoms with Crippen molar-refractivity contribution in [3.8, 4) is 5.75 Å². The lowest BCUT2D eigenvalue weighted by atomic mass is 9.97. The molecule has 2 N–H and O–H groups in total. The Balaban J connectivity index is 2.28. The van der Waals surface area contributed by atoms with Gasteiger partial charge in [-0.1, -0.05) is 26.0 Å². The first-order valence-corrected chi connectivity index (χ1v) is 8.04. The van der Waals surface area contributed by atoms with Crippen molar-refractivity contribution in [1.82, 2.24) is 5.32 Å². The molecule has 0 aliphatic carbocycles. The molecule has 1 amide bonds. The summed E-state index contributed by atoms with van der Waals surface area (Å²) in [5, 5.41) is 11.9. The standard InChI is InChI=1S/C18H27NO4/c1-13(2)11-15(18(21)22)12-19-17(20)6-4-5-14-7-9-16(23-3)10-8-14/h7-10,13,15H,4-6,11-12H2,1-3H3,(H,19,20)(H,21,22). The minimum atomic E-state index is -0.850. The third kappa shape index (κ3) is 7.68. The van der Waals surface area contributed by atoms with Crippen molar-refractivity contribution >= 4 is 11.9 Å². The van der Waals surface area contributed by atoms with E-state index >= 15 is 0 Å². The number of hydrogen-bond acceptors (Lipinski definition) is 3. The van der Waals surface area contributed by atoms with Gasteiger partial charge in [-0.2, -0.15) is 0 Å². The lowest BCUT2D eigenvalue weighted by Gasteiger charge is -2.15. The van der Waals surface area contributed by atoms with E-state index in [2.05, 4.69) is 5.32 Å². The Morgan fingerprint density at radius 2 is 1.87 bits per heavy atom. The van der Waals surface area contributed by atoms with Gasteiger partial charge in [-0.05, 0) is 42.9 Å². The summed E-state index contributed by atoms with van der Waals surface area (Å²) in [7, 11) is 1.63. The molecule has 0 radical (unpaired) electrons. The van der Waals surface area contributed by atoms with Gasteiger partial charge in [0, 0.05) is 13.0 Å². The first kappa shape index (κ1) is 19.0. The predicted octanol–water partition coefficient (Wildman–Crippen LogP) is 2.88. The van der Waals surface area contributed by atoms with Gasteiger partial charge in [0.1, 0.15) is 5.75 Å². The molecule has 0 spiro atoms. The minimum absolute atomic E-state index is 0.0893. The summed E-state index contributed by atoms with van der Waals surface area (Å²) < 4.78 is 5.10. The summed E-state index contributed by atoms with van der Waals surface area (Å²) in [4.78, 5) is 23.0. The lowest BCUT2D eigenvalue weighted by Crippen LogP contribution is -2.33. The van der Waals surface area contributed by atoms with Gasteiger partial charge in [-0.25, -0.2) is 0 Å². The highest BCUT2D eigenvalue weighted by Crippen LogP contribution is 2.13.